The van der Waals surface area contributed by atoms with Gasteiger partial charge in [0.1, 0.15) is 0 Å². The minimum absolute atomic E-state index is 0.343. The molecule has 20 heavy (non-hydrogen) atoms. The molecule has 0 radical (unpaired) electrons. The number of hydrogen-bond donors (Lipinski definition) is 0. The van der Waals surface area contributed by atoms with Gasteiger partial charge in [-0.25, -0.2) is 4.68 Å². The zero-order valence-corrected chi connectivity index (χ0v) is 11.9. The van der Waals surface area contributed by atoms with E-state index >= 15 is 0 Å². The first-order valence-electron chi connectivity index (χ1n) is 7.99. The van der Waals surface area contributed by atoms with Crippen molar-refractivity contribution in [1.29, 1.82) is 0 Å². The maximum Gasteiger partial charge on any atom is 0.222 e. The molecule has 3 aliphatic rings. The van der Waals surface area contributed by atoms with Gasteiger partial charge in [0, 0.05) is 31.6 Å². The minimum Gasteiger partial charge on any atom is -0.338 e. The summed E-state index contributed by atoms with van der Waals surface area (Å²) in [6, 6.07) is 0.350. The Morgan fingerprint density at radius 3 is 2.65 bits per heavy atom. The van der Waals surface area contributed by atoms with E-state index in [9.17, 15) is 4.79 Å². The second kappa shape index (κ2) is 4.86. The number of carbonyl (C=O) groups is 1. The van der Waals surface area contributed by atoms with Gasteiger partial charge in [-0.1, -0.05) is 18.1 Å². The van der Waals surface area contributed by atoms with Crippen molar-refractivity contribution >= 4 is 5.91 Å². The van der Waals surface area contributed by atoms with E-state index in [0.29, 0.717) is 23.8 Å². The fourth-order valence-corrected chi connectivity index (χ4v) is 3.45. The van der Waals surface area contributed by atoms with Crippen LogP contribution < -0.4 is 0 Å². The van der Waals surface area contributed by atoms with Crippen molar-refractivity contribution in [1.82, 2.24) is 19.9 Å². The topological polar surface area (TPSA) is 51.0 Å². The molecule has 1 aromatic rings. The van der Waals surface area contributed by atoms with E-state index in [0.717, 1.165) is 25.2 Å². The second-order valence-electron chi connectivity index (χ2n) is 6.70. The molecule has 0 N–H and O–H groups in total. The van der Waals surface area contributed by atoms with E-state index < -0.39 is 0 Å². The molecule has 1 saturated heterocycles. The zero-order chi connectivity index (χ0) is 13.5. The van der Waals surface area contributed by atoms with Crippen LogP contribution in [-0.2, 0) is 4.79 Å². The molecule has 3 fully saturated rings. The Morgan fingerprint density at radius 1 is 1.20 bits per heavy atom. The van der Waals surface area contributed by atoms with Crippen molar-refractivity contribution in [3.05, 3.63) is 11.9 Å². The Balaban J connectivity index is 1.28. The summed E-state index contributed by atoms with van der Waals surface area (Å²) < 4.78 is 1.97. The van der Waals surface area contributed by atoms with Gasteiger partial charge >= 0.3 is 0 Å². The third kappa shape index (κ3) is 2.34. The number of carbonyl (C=O) groups excluding carboxylic acids is 1. The average Bonchev–Trinajstić information content (AvgIpc) is 2.90. The SMILES string of the molecule is O=C(CC1CCCC1)N1CC(n2cc(C3CC3)nn2)C1. The van der Waals surface area contributed by atoms with Crippen molar-refractivity contribution in [2.75, 3.05) is 13.1 Å². The summed E-state index contributed by atoms with van der Waals surface area (Å²) in [5.41, 5.74) is 1.14. The Morgan fingerprint density at radius 2 is 1.95 bits per heavy atom. The molecule has 0 aromatic carbocycles. The molecule has 0 unspecified atom stereocenters. The van der Waals surface area contributed by atoms with Crippen LogP contribution in [0.4, 0.5) is 0 Å². The molecule has 2 saturated carbocycles. The van der Waals surface area contributed by atoms with Crippen molar-refractivity contribution < 1.29 is 4.79 Å². The lowest BCUT2D eigenvalue weighted by Crippen LogP contribution is -2.51. The summed E-state index contributed by atoms with van der Waals surface area (Å²) in [6.07, 6.45) is 10.5. The van der Waals surface area contributed by atoms with E-state index in [4.69, 9.17) is 0 Å². The van der Waals surface area contributed by atoms with Crippen LogP contribution in [0.2, 0.25) is 0 Å². The molecule has 0 atom stereocenters. The second-order valence-corrected chi connectivity index (χ2v) is 6.70. The Labute approximate surface area is 119 Å². The van der Waals surface area contributed by atoms with Crippen LogP contribution in [0.1, 0.15) is 62.6 Å². The summed E-state index contributed by atoms with van der Waals surface area (Å²) in [6.45, 7) is 1.64. The third-order valence-electron chi connectivity index (χ3n) is 5.05. The average molecular weight is 274 g/mol. The quantitative estimate of drug-likeness (QED) is 0.845. The maximum absolute atomic E-state index is 12.2. The van der Waals surface area contributed by atoms with Crippen LogP contribution in [0.15, 0.2) is 6.20 Å². The fraction of sp³-hybridized carbons (Fsp3) is 0.800. The first-order chi connectivity index (χ1) is 9.79. The maximum atomic E-state index is 12.2. The Bertz CT molecular complexity index is 496. The van der Waals surface area contributed by atoms with Crippen LogP contribution in [0.3, 0.4) is 0 Å². The molecule has 108 valence electrons. The molecular weight excluding hydrogens is 252 g/mol. The summed E-state index contributed by atoms with van der Waals surface area (Å²) in [5, 5.41) is 8.47. The van der Waals surface area contributed by atoms with Crippen molar-refractivity contribution in [3.8, 4) is 0 Å². The van der Waals surface area contributed by atoms with E-state index in [1.807, 2.05) is 9.58 Å². The van der Waals surface area contributed by atoms with Crippen molar-refractivity contribution in [3.63, 3.8) is 0 Å². The largest absolute Gasteiger partial charge is 0.338 e. The summed E-state index contributed by atoms with van der Waals surface area (Å²) >= 11 is 0. The first kappa shape index (κ1) is 12.4. The number of hydrogen-bond acceptors (Lipinski definition) is 3. The zero-order valence-electron chi connectivity index (χ0n) is 11.9. The summed E-state index contributed by atoms with van der Waals surface area (Å²) in [7, 11) is 0. The molecule has 1 aliphatic heterocycles. The molecule has 0 spiro atoms. The third-order valence-corrected chi connectivity index (χ3v) is 5.05. The first-order valence-corrected chi connectivity index (χ1v) is 7.99. The normalized spacial score (nSPS) is 24.1. The highest BCUT2D eigenvalue weighted by Crippen LogP contribution is 2.39. The highest BCUT2D eigenvalue weighted by atomic mass is 16.2. The lowest BCUT2D eigenvalue weighted by Gasteiger charge is -2.39. The van der Waals surface area contributed by atoms with E-state index in [-0.39, 0.29) is 0 Å². The number of likely N-dealkylation sites (tertiary alicyclic amines) is 1. The van der Waals surface area contributed by atoms with Gasteiger partial charge in [0.25, 0.3) is 0 Å². The number of rotatable bonds is 4. The van der Waals surface area contributed by atoms with Gasteiger partial charge in [-0.15, -0.1) is 5.10 Å². The highest BCUT2D eigenvalue weighted by Gasteiger charge is 2.35. The fourth-order valence-electron chi connectivity index (χ4n) is 3.45. The van der Waals surface area contributed by atoms with Gasteiger partial charge in [-0.05, 0) is 31.6 Å². The van der Waals surface area contributed by atoms with Gasteiger partial charge in [-0.3, -0.25) is 4.79 Å². The molecule has 2 aliphatic carbocycles. The van der Waals surface area contributed by atoms with Crippen LogP contribution >= 0.6 is 0 Å². The highest BCUT2D eigenvalue weighted by molar-refractivity contribution is 5.77. The molecule has 1 amide bonds. The van der Waals surface area contributed by atoms with Gasteiger partial charge in [-0.2, -0.15) is 0 Å². The summed E-state index contributed by atoms with van der Waals surface area (Å²) in [4.78, 5) is 14.1. The Hall–Kier alpha value is -1.39. The lowest BCUT2D eigenvalue weighted by molar-refractivity contribution is -0.138. The smallest absolute Gasteiger partial charge is 0.222 e. The van der Waals surface area contributed by atoms with Gasteiger partial charge < -0.3 is 4.90 Å². The van der Waals surface area contributed by atoms with E-state index in [1.165, 1.54) is 38.5 Å². The van der Waals surface area contributed by atoms with Crippen LogP contribution in [0.5, 0.6) is 0 Å². The lowest BCUT2D eigenvalue weighted by atomic mass is 10.0. The van der Waals surface area contributed by atoms with Crippen molar-refractivity contribution in [2.24, 2.45) is 5.92 Å². The molecule has 1 aromatic heterocycles. The molecule has 0 bridgehead atoms. The number of amides is 1. The minimum atomic E-state index is 0.343. The molecule has 2 heterocycles. The standard InChI is InChI=1S/C15H22N4O/c20-15(7-11-3-1-2-4-11)18-8-13(9-18)19-10-14(16-17-19)12-5-6-12/h10-13H,1-9H2. The van der Waals surface area contributed by atoms with Crippen LogP contribution in [0, 0.1) is 5.92 Å². The number of aromatic nitrogens is 3. The number of nitrogens with zero attached hydrogens (tertiary/aromatic N) is 4. The van der Waals surface area contributed by atoms with E-state index in [2.05, 4.69) is 16.5 Å². The molecular formula is C15H22N4O. The molecule has 5 heteroatoms. The van der Waals surface area contributed by atoms with Gasteiger partial charge in [0.05, 0.1) is 11.7 Å². The molecule has 5 nitrogen and oxygen atoms in total. The van der Waals surface area contributed by atoms with Crippen LogP contribution in [-0.4, -0.2) is 38.9 Å². The summed E-state index contributed by atoms with van der Waals surface area (Å²) in [5.74, 6) is 1.65. The van der Waals surface area contributed by atoms with E-state index in [1.54, 1.807) is 0 Å². The molecule has 4 rings (SSSR count). The van der Waals surface area contributed by atoms with Crippen molar-refractivity contribution in [2.45, 2.75) is 56.9 Å². The monoisotopic (exact) mass is 274 g/mol. The van der Waals surface area contributed by atoms with Gasteiger partial charge in [0.2, 0.25) is 5.91 Å². The van der Waals surface area contributed by atoms with Gasteiger partial charge in [0.15, 0.2) is 0 Å². The predicted octanol–water partition coefficient (Wildman–Crippen LogP) is 2.12. The van der Waals surface area contributed by atoms with Crippen LogP contribution in [0.25, 0.3) is 0 Å². The Kier molecular flexibility index (Phi) is 3.00. The predicted molar refractivity (Wildman–Crippen MR) is 74.2 cm³/mol.